The maximum Gasteiger partial charge on any atom is 0.253 e. The average molecular weight is 219 g/mol. The number of nitrogens with zero attached hydrogens (tertiary/aromatic N) is 2. The van der Waals surface area contributed by atoms with Gasteiger partial charge in [-0.3, -0.25) is 14.8 Å². The number of nitrogens with one attached hydrogen (secondary N) is 1. The number of aromatic nitrogens is 2. The molecule has 1 aromatic heterocycles. The largest absolute Gasteiger partial charge is 0.352 e. The van der Waals surface area contributed by atoms with Crippen LogP contribution in [0.15, 0.2) is 24.5 Å². The summed E-state index contributed by atoms with van der Waals surface area (Å²) < 4.78 is 13.2. The summed E-state index contributed by atoms with van der Waals surface area (Å²) in [5, 5.41) is 2.61. The molecule has 0 aliphatic heterocycles. The van der Waals surface area contributed by atoms with Crippen molar-refractivity contribution >= 4 is 16.9 Å². The number of hydrogen-bond acceptors (Lipinski definition) is 3. The van der Waals surface area contributed by atoms with Crippen molar-refractivity contribution in [3.05, 3.63) is 35.9 Å². The zero-order valence-electron chi connectivity index (χ0n) is 8.70. The molecular formula is C11H10FN3O. The van der Waals surface area contributed by atoms with Gasteiger partial charge in [-0.2, -0.15) is 0 Å². The van der Waals surface area contributed by atoms with Gasteiger partial charge in [-0.1, -0.05) is 0 Å². The van der Waals surface area contributed by atoms with Crippen molar-refractivity contribution in [1.82, 2.24) is 15.3 Å². The van der Waals surface area contributed by atoms with E-state index < -0.39 is 5.82 Å². The van der Waals surface area contributed by atoms with Gasteiger partial charge in [0.05, 0.1) is 11.1 Å². The molecule has 0 bridgehead atoms. The molecule has 1 N–H and O–H groups in total. The van der Waals surface area contributed by atoms with E-state index in [0.29, 0.717) is 17.6 Å². The number of fused-ring (bicyclic) bond motifs is 1. The molecule has 5 heteroatoms. The van der Waals surface area contributed by atoms with E-state index in [4.69, 9.17) is 0 Å². The lowest BCUT2D eigenvalue weighted by Crippen LogP contribution is -2.23. The predicted molar refractivity (Wildman–Crippen MR) is 57.5 cm³/mol. The Hall–Kier alpha value is -2.04. The van der Waals surface area contributed by atoms with E-state index in [0.717, 1.165) is 0 Å². The van der Waals surface area contributed by atoms with E-state index in [1.165, 1.54) is 24.5 Å². The van der Waals surface area contributed by atoms with E-state index in [2.05, 4.69) is 15.3 Å². The molecule has 4 nitrogen and oxygen atoms in total. The summed E-state index contributed by atoms with van der Waals surface area (Å²) in [5.41, 5.74) is 1.00. The molecule has 1 amide bonds. The second kappa shape index (κ2) is 4.22. The molecule has 82 valence electrons. The lowest BCUT2D eigenvalue weighted by Gasteiger charge is -2.05. The third-order valence-electron chi connectivity index (χ3n) is 2.12. The van der Waals surface area contributed by atoms with Gasteiger partial charge < -0.3 is 5.32 Å². The Morgan fingerprint density at radius 1 is 1.38 bits per heavy atom. The summed E-state index contributed by atoms with van der Waals surface area (Å²) in [7, 11) is 0. The Kier molecular flexibility index (Phi) is 2.76. The molecule has 0 radical (unpaired) electrons. The van der Waals surface area contributed by atoms with Crippen LogP contribution in [-0.2, 0) is 0 Å². The monoisotopic (exact) mass is 219 g/mol. The zero-order chi connectivity index (χ0) is 11.5. The number of benzene rings is 1. The molecule has 0 atom stereocenters. The van der Waals surface area contributed by atoms with Crippen LogP contribution in [0, 0.1) is 5.82 Å². The van der Waals surface area contributed by atoms with E-state index in [-0.39, 0.29) is 11.5 Å². The van der Waals surface area contributed by atoms with Crippen LogP contribution < -0.4 is 5.32 Å². The first-order valence-electron chi connectivity index (χ1n) is 4.91. The summed E-state index contributed by atoms with van der Waals surface area (Å²) >= 11 is 0. The van der Waals surface area contributed by atoms with Gasteiger partial charge in [0.25, 0.3) is 5.91 Å². The normalized spacial score (nSPS) is 10.4. The average Bonchev–Trinajstić information content (AvgIpc) is 2.28. The minimum atomic E-state index is -0.491. The first kappa shape index (κ1) is 10.5. The van der Waals surface area contributed by atoms with Crippen molar-refractivity contribution in [2.75, 3.05) is 6.54 Å². The highest BCUT2D eigenvalue weighted by Crippen LogP contribution is 2.16. The quantitative estimate of drug-likeness (QED) is 0.833. The summed E-state index contributed by atoms with van der Waals surface area (Å²) in [6.45, 7) is 2.28. The summed E-state index contributed by atoms with van der Waals surface area (Å²) in [5.74, 6) is -0.832. The molecule has 2 aromatic rings. The standard InChI is InChI=1S/C11H10FN3O/c1-2-13-11(16)8-5-7(12)6-9-10(8)15-4-3-14-9/h3-6H,2H2,1H3,(H,13,16). The van der Waals surface area contributed by atoms with Gasteiger partial charge in [0.1, 0.15) is 11.3 Å². The van der Waals surface area contributed by atoms with Crippen molar-refractivity contribution in [2.24, 2.45) is 0 Å². The fraction of sp³-hybridized carbons (Fsp3) is 0.182. The fourth-order valence-corrected chi connectivity index (χ4v) is 1.47. The Bertz CT molecular complexity index is 542. The third-order valence-corrected chi connectivity index (χ3v) is 2.12. The number of hydrogen-bond donors (Lipinski definition) is 1. The van der Waals surface area contributed by atoms with Crippen LogP contribution in [0.1, 0.15) is 17.3 Å². The van der Waals surface area contributed by atoms with Crippen LogP contribution in [0.25, 0.3) is 11.0 Å². The van der Waals surface area contributed by atoms with E-state index in [1.807, 2.05) is 0 Å². The fourth-order valence-electron chi connectivity index (χ4n) is 1.47. The minimum absolute atomic E-state index is 0.213. The number of amides is 1. The van der Waals surface area contributed by atoms with Crippen molar-refractivity contribution in [3.8, 4) is 0 Å². The maximum absolute atomic E-state index is 13.2. The van der Waals surface area contributed by atoms with E-state index >= 15 is 0 Å². The highest BCUT2D eigenvalue weighted by molar-refractivity contribution is 6.04. The van der Waals surface area contributed by atoms with Gasteiger partial charge >= 0.3 is 0 Å². The molecule has 0 saturated carbocycles. The number of halogens is 1. The Balaban J connectivity index is 2.63. The first-order valence-corrected chi connectivity index (χ1v) is 4.91. The summed E-state index contributed by atoms with van der Waals surface area (Å²) in [6.07, 6.45) is 2.94. The molecule has 0 unspecified atom stereocenters. The van der Waals surface area contributed by atoms with Crippen molar-refractivity contribution < 1.29 is 9.18 Å². The molecule has 16 heavy (non-hydrogen) atoms. The van der Waals surface area contributed by atoms with Crippen LogP contribution >= 0.6 is 0 Å². The first-order chi connectivity index (χ1) is 7.72. The van der Waals surface area contributed by atoms with Gasteiger partial charge in [0.15, 0.2) is 0 Å². The van der Waals surface area contributed by atoms with E-state index in [9.17, 15) is 9.18 Å². The van der Waals surface area contributed by atoms with Crippen molar-refractivity contribution in [1.29, 1.82) is 0 Å². The second-order valence-corrected chi connectivity index (χ2v) is 3.24. The summed E-state index contributed by atoms with van der Waals surface area (Å²) in [4.78, 5) is 19.7. The number of carbonyl (C=O) groups excluding carboxylic acids is 1. The molecule has 0 spiro atoms. The smallest absolute Gasteiger partial charge is 0.253 e. The molecule has 0 aliphatic rings. The van der Waals surface area contributed by atoms with Crippen LogP contribution in [0.3, 0.4) is 0 Å². The highest BCUT2D eigenvalue weighted by Gasteiger charge is 2.12. The van der Waals surface area contributed by atoms with Crippen molar-refractivity contribution in [2.45, 2.75) is 6.92 Å². The van der Waals surface area contributed by atoms with Gasteiger partial charge in [-0.05, 0) is 13.0 Å². The molecular weight excluding hydrogens is 209 g/mol. The lowest BCUT2D eigenvalue weighted by atomic mass is 10.1. The molecule has 1 aromatic carbocycles. The van der Waals surface area contributed by atoms with Gasteiger partial charge in [0, 0.05) is 25.0 Å². The topological polar surface area (TPSA) is 54.9 Å². The maximum atomic E-state index is 13.2. The Morgan fingerprint density at radius 3 is 2.88 bits per heavy atom. The van der Waals surface area contributed by atoms with Crippen molar-refractivity contribution in [3.63, 3.8) is 0 Å². The molecule has 0 aliphatic carbocycles. The SMILES string of the molecule is CCNC(=O)c1cc(F)cc2nccnc12. The van der Waals surface area contributed by atoms with Crippen LogP contribution in [0.4, 0.5) is 4.39 Å². The Labute approximate surface area is 91.5 Å². The van der Waals surface area contributed by atoms with Crippen LogP contribution in [0.5, 0.6) is 0 Å². The Morgan fingerprint density at radius 2 is 2.12 bits per heavy atom. The third kappa shape index (κ3) is 1.84. The predicted octanol–water partition coefficient (Wildman–Crippen LogP) is 1.52. The van der Waals surface area contributed by atoms with Crippen LogP contribution in [0.2, 0.25) is 0 Å². The summed E-state index contributed by atoms with van der Waals surface area (Å²) in [6, 6.07) is 2.42. The zero-order valence-corrected chi connectivity index (χ0v) is 8.70. The molecule has 0 fully saturated rings. The van der Waals surface area contributed by atoms with Gasteiger partial charge in [0.2, 0.25) is 0 Å². The highest BCUT2D eigenvalue weighted by atomic mass is 19.1. The minimum Gasteiger partial charge on any atom is -0.352 e. The van der Waals surface area contributed by atoms with E-state index in [1.54, 1.807) is 6.92 Å². The second-order valence-electron chi connectivity index (χ2n) is 3.24. The van der Waals surface area contributed by atoms with Gasteiger partial charge in [-0.15, -0.1) is 0 Å². The van der Waals surface area contributed by atoms with Crippen LogP contribution in [-0.4, -0.2) is 22.4 Å². The lowest BCUT2D eigenvalue weighted by molar-refractivity contribution is 0.0957. The molecule has 0 saturated heterocycles. The molecule has 2 rings (SSSR count). The van der Waals surface area contributed by atoms with Gasteiger partial charge in [-0.25, -0.2) is 4.39 Å². The molecule has 1 heterocycles. The number of rotatable bonds is 2. The number of carbonyl (C=O) groups is 1.